The lowest BCUT2D eigenvalue weighted by Gasteiger charge is -2.15. The molecule has 0 aliphatic carbocycles. The highest BCUT2D eigenvalue weighted by atomic mass is 32.2. The molecule has 0 saturated carbocycles. The van der Waals surface area contributed by atoms with Gasteiger partial charge in [-0.1, -0.05) is 18.2 Å². The highest BCUT2D eigenvalue weighted by Crippen LogP contribution is 2.51. The Morgan fingerprint density at radius 3 is 2.87 bits per heavy atom. The van der Waals surface area contributed by atoms with E-state index in [0.717, 1.165) is 5.52 Å². The van der Waals surface area contributed by atoms with E-state index in [9.17, 15) is 0 Å². The van der Waals surface area contributed by atoms with Gasteiger partial charge in [0.1, 0.15) is 0 Å². The molecule has 15 heavy (non-hydrogen) atoms. The monoisotopic (exact) mass is 218 g/mol. The van der Waals surface area contributed by atoms with Gasteiger partial charge in [-0.05, 0) is 26.8 Å². The van der Waals surface area contributed by atoms with Gasteiger partial charge < -0.3 is 0 Å². The maximum absolute atomic E-state index is 4.67. The van der Waals surface area contributed by atoms with E-state index in [2.05, 4.69) is 54.8 Å². The molecule has 1 aliphatic heterocycles. The van der Waals surface area contributed by atoms with Crippen LogP contribution in [0.4, 0.5) is 0 Å². The first kappa shape index (κ1) is 9.28. The minimum absolute atomic E-state index is 0.176. The van der Waals surface area contributed by atoms with Gasteiger partial charge in [0.2, 0.25) is 0 Å². The van der Waals surface area contributed by atoms with E-state index in [-0.39, 0.29) is 4.75 Å². The van der Waals surface area contributed by atoms with Crippen molar-refractivity contribution >= 4 is 22.7 Å². The van der Waals surface area contributed by atoms with Crippen LogP contribution in [0.2, 0.25) is 0 Å². The Morgan fingerprint density at radius 2 is 2.07 bits per heavy atom. The Bertz CT molecular complexity index is 527. The van der Waals surface area contributed by atoms with E-state index >= 15 is 0 Å². The molecule has 0 fully saturated rings. The minimum atomic E-state index is 0.176. The standard InChI is InChI=1S/C12H14N2S/c1-8-14-11(12(2,3)15-8)9-6-4-5-7-10(9)13-14/h4-8H,1-3H3. The number of aromatic nitrogens is 2. The molecule has 1 aromatic carbocycles. The Morgan fingerprint density at radius 1 is 1.33 bits per heavy atom. The first-order valence-electron chi connectivity index (χ1n) is 5.25. The molecule has 0 N–H and O–H groups in total. The van der Waals surface area contributed by atoms with Gasteiger partial charge >= 0.3 is 0 Å². The number of fused-ring (bicyclic) bond motifs is 3. The van der Waals surface area contributed by atoms with Crippen LogP contribution < -0.4 is 0 Å². The number of nitrogens with zero attached hydrogens (tertiary/aromatic N) is 2. The summed E-state index contributed by atoms with van der Waals surface area (Å²) in [7, 11) is 0. The Labute approximate surface area is 93.7 Å². The number of hydrogen-bond acceptors (Lipinski definition) is 2. The van der Waals surface area contributed by atoms with Gasteiger partial charge in [0.15, 0.2) is 0 Å². The van der Waals surface area contributed by atoms with Crippen molar-refractivity contribution < 1.29 is 0 Å². The van der Waals surface area contributed by atoms with Crippen LogP contribution in [0.25, 0.3) is 10.9 Å². The summed E-state index contributed by atoms with van der Waals surface area (Å²) in [5, 5.41) is 6.42. The number of thioether (sulfide) groups is 1. The Balaban J connectivity index is 2.40. The molecule has 1 aromatic heterocycles. The summed E-state index contributed by atoms with van der Waals surface area (Å²) in [5.74, 6) is 0. The quantitative estimate of drug-likeness (QED) is 0.673. The lowest BCUT2D eigenvalue weighted by Crippen LogP contribution is -2.08. The number of rotatable bonds is 0. The van der Waals surface area contributed by atoms with Crippen LogP contribution in [0.1, 0.15) is 31.8 Å². The number of hydrogen-bond donors (Lipinski definition) is 0. The topological polar surface area (TPSA) is 17.8 Å². The fourth-order valence-corrected chi connectivity index (χ4v) is 3.87. The molecule has 1 aliphatic rings. The van der Waals surface area contributed by atoms with Gasteiger partial charge in [0.25, 0.3) is 0 Å². The first-order chi connectivity index (χ1) is 7.09. The third-order valence-electron chi connectivity index (χ3n) is 2.98. The van der Waals surface area contributed by atoms with Gasteiger partial charge in [0, 0.05) is 5.39 Å². The largest absolute Gasteiger partial charge is 0.254 e. The lowest BCUT2D eigenvalue weighted by molar-refractivity contribution is 0.620. The van der Waals surface area contributed by atoms with Crippen molar-refractivity contribution in [3.05, 3.63) is 30.0 Å². The highest BCUT2D eigenvalue weighted by molar-refractivity contribution is 8.00. The fourth-order valence-electron chi connectivity index (χ4n) is 2.45. The summed E-state index contributed by atoms with van der Waals surface area (Å²) in [6, 6.07) is 8.41. The average Bonchev–Trinajstić information content (AvgIpc) is 2.64. The molecule has 0 amide bonds. The van der Waals surface area contributed by atoms with Crippen molar-refractivity contribution in [1.82, 2.24) is 9.78 Å². The summed E-state index contributed by atoms with van der Waals surface area (Å²) in [5.41, 5.74) is 2.49. The van der Waals surface area contributed by atoms with Crippen LogP contribution in [-0.4, -0.2) is 9.78 Å². The zero-order chi connectivity index (χ0) is 10.6. The van der Waals surface area contributed by atoms with Crippen LogP contribution in [0.15, 0.2) is 24.3 Å². The predicted molar refractivity (Wildman–Crippen MR) is 65.1 cm³/mol. The van der Waals surface area contributed by atoms with Gasteiger partial charge in [0.05, 0.1) is 21.3 Å². The van der Waals surface area contributed by atoms with E-state index in [1.54, 1.807) is 0 Å². The van der Waals surface area contributed by atoms with E-state index in [1.807, 2.05) is 11.8 Å². The van der Waals surface area contributed by atoms with Crippen molar-refractivity contribution in [3.8, 4) is 0 Å². The molecule has 1 unspecified atom stereocenters. The normalized spacial score (nSPS) is 23.3. The molecule has 1 atom stereocenters. The second kappa shape index (κ2) is 2.79. The number of benzene rings is 1. The van der Waals surface area contributed by atoms with Crippen LogP contribution >= 0.6 is 11.8 Å². The van der Waals surface area contributed by atoms with Gasteiger partial charge in [-0.3, -0.25) is 4.68 Å². The molecule has 2 aromatic rings. The van der Waals surface area contributed by atoms with Crippen molar-refractivity contribution in [1.29, 1.82) is 0 Å². The second-order valence-corrected chi connectivity index (χ2v) is 6.48. The molecule has 0 saturated heterocycles. The van der Waals surface area contributed by atoms with E-state index < -0.39 is 0 Å². The van der Waals surface area contributed by atoms with Crippen molar-refractivity contribution in [3.63, 3.8) is 0 Å². The molecule has 0 bridgehead atoms. The van der Waals surface area contributed by atoms with Crippen molar-refractivity contribution in [2.24, 2.45) is 0 Å². The summed E-state index contributed by atoms with van der Waals surface area (Å²) in [4.78, 5) is 0. The maximum Gasteiger partial charge on any atom is 0.0956 e. The molecule has 2 nitrogen and oxygen atoms in total. The molecule has 3 heteroatoms. The molecule has 0 radical (unpaired) electrons. The van der Waals surface area contributed by atoms with Gasteiger partial charge in [-0.2, -0.15) is 5.10 Å². The Hall–Kier alpha value is -0.960. The van der Waals surface area contributed by atoms with Crippen molar-refractivity contribution in [2.75, 3.05) is 0 Å². The molecular weight excluding hydrogens is 204 g/mol. The summed E-state index contributed by atoms with van der Waals surface area (Å²) in [6.07, 6.45) is 0. The third kappa shape index (κ3) is 1.16. The molecule has 78 valence electrons. The van der Waals surface area contributed by atoms with Gasteiger partial charge in [-0.25, -0.2) is 0 Å². The fraction of sp³-hybridized carbons (Fsp3) is 0.417. The van der Waals surface area contributed by atoms with Crippen molar-refractivity contribution in [2.45, 2.75) is 30.9 Å². The minimum Gasteiger partial charge on any atom is -0.254 e. The highest BCUT2D eigenvalue weighted by Gasteiger charge is 2.38. The van der Waals surface area contributed by atoms with Crippen LogP contribution in [0.5, 0.6) is 0 Å². The maximum atomic E-state index is 4.67. The Kier molecular flexibility index (Phi) is 1.72. The molecule has 2 heterocycles. The average molecular weight is 218 g/mol. The van der Waals surface area contributed by atoms with Crippen LogP contribution in [-0.2, 0) is 4.75 Å². The molecule has 0 spiro atoms. The summed E-state index contributed by atoms with van der Waals surface area (Å²) in [6.45, 7) is 6.77. The lowest BCUT2D eigenvalue weighted by atomic mass is 10.1. The third-order valence-corrected chi connectivity index (χ3v) is 4.31. The molecular formula is C12H14N2S. The smallest absolute Gasteiger partial charge is 0.0956 e. The molecule has 3 rings (SSSR count). The predicted octanol–water partition coefficient (Wildman–Crippen LogP) is 3.54. The van der Waals surface area contributed by atoms with Crippen LogP contribution in [0, 0.1) is 0 Å². The first-order valence-corrected chi connectivity index (χ1v) is 6.13. The van der Waals surface area contributed by atoms with E-state index in [0.29, 0.717) is 5.37 Å². The zero-order valence-electron chi connectivity index (χ0n) is 9.19. The van der Waals surface area contributed by atoms with E-state index in [4.69, 9.17) is 0 Å². The van der Waals surface area contributed by atoms with E-state index in [1.165, 1.54) is 11.1 Å². The summed E-state index contributed by atoms with van der Waals surface area (Å²) < 4.78 is 2.35. The zero-order valence-corrected chi connectivity index (χ0v) is 10.0. The SMILES string of the molecule is CC1SC(C)(C)c2c3ccccc3nn21. The van der Waals surface area contributed by atoms with Crippen LogP contribution in [0.3, 0.4) is 0 Å². The van der Waals surface area contributed by atoms with Gasteiger partial charge in [-0.15, -0.1) is 11.8 Å². The summed E-state index contributed by atoms with van der Waals surface area (Å²) >= 11 is 1.97. The second-order valence-electron chi connectivity index (χ2n) is 4.54.